The lowest BCUT2D eigenvalue weighted by Gasteiger charge is -2.22. The smallest absolute Gasteiger partial charge is 0.0879 e. The quantitative estimate of drug-likeness (QED) is 0.655. The van der Waals surface area contributed by atoms with Gasteiger partial charge in [0.25, 0.3) is 0 Å². The third-order valence-corrected chi connectivity index (χ3v) is 3.17. The Morgan fingerprint density at radius 1 is 1.25 bits per heavy atom. The zero-order valence-corrected chi connectivity index (χ0v) is 11.0. The van der Waals surface area contributed by atoms with Gasteiger partial charge in [0.2, 0.25) is 0 Å². The number of nitrogens with zero attached hydrogens (tertiary/aromatic N) is 3. The molecule has 0 amide bonds. The van der Waals surface area contributed by atoms with Gasteiger partial charge in [-0.05, 0) is 32.1 Å². The molecule has 1 atom stereocenters. The van der Waals surface area contributed by atoms with Gasteiger partial charge in [-0.2, -0.15) is 0 Å². The van der Waals surface area contributed by atoms with E-state index in [1.807, 2.05) is 14.1 Å². The van der Waals surface area contributed by atoms with Crippen molar-refractivity contribution in [3.63, 3.8) is 0 Å². The highest BCUT2D eigenvalue weighted by Gasteiger charge is 2.20. The van der Waals surface area contributed by atoms with Crippen LogP contribution >= 0.6 is 0 Å². The van der Waals surface area contributed by atoms with Gasteiger partial charge in [0.1, 0.15) is 0 Å². The molecule has 3 nitrogen and oxygen atoms in total. The van der Waals surface area contributed by atoms with Crippen molar-refractivity contribution >= 4 is 17.1 Å². The maximum Gasteiger partial charge on any atom is 0.0879 e. The van der Waals surface area contributed by atoms with Crippen LogP contribution < -0.4 is 0 Å². The lowest BCUT2D eigenvalue weighted by atomic mass is 9.95. The van der Waals surface area contributed by atoms with Gasteiger partial charge < -0.3 is 0 Å². The van der Waals surface area contributed by atoms with Crippen molar-refractivity contribution in [3.8, 4) is 0 Å². The summed E-state index contributed by atoms with van der Waals surface area (Å²) < 4.78 is 0. The predicted octanol–water partition coefficient (Wildman–Crippen LogP) is 2.94. The van der Waals surface area contributed by atoms with Gasteiger partial charge in [0.15, 0.2) is 0 Å². The Morgan fingerprint density at radius 2 is 2.00 bits per heavy atom. The maximum absolute atomic E-state index is 4.82. The highest BCUT2D eigenvalue weighted by molar-refractivity contribution is 6.42. The molecule has 0 fully saturated rings. The van der Waals surface area contributed by atoms with Crippen LogP contribution in [0.5, 0.6) is 0 Å². The molecule has 1 aliphatic rings. The molecular weight excluding hydrogens is 198 g/mol. The first-order chi connectivity index (χ1) is 7.76. The molecule has 0 aromatic rings. The summed E-state index contributed by atoms with van der Waals surface area (Å²) >= 11 is 0. The number of rotatable bonds is 4. The van der Waals surface area contributed by atoms with Crippen molar-refractivity contribution in [1.29, 1.82) is 0 Å². The first-order valence-electron chi connectivity index (χ1n) is 6.25. The van der Waals surface area contributed by atoms with Crippen LogP contribution in [0.15, 0.2) is 15.0 Å². The molecule has 1 rings (SSSR count). The normalized spacial score (nSPS) is 23.2. The van der Waals surface area contributed by atoms with Gasteiger partial charge >= 0.3 is 0 Å². The molecular formula is C13H23N3. The van der Waals surface area contributed by atoms with Crippen molar-refractivity contribution in [3.05, 3.63) is 0 Å². The summed E-state index contributed by atoms with van der Waals surface area (Å²) in [6.07, 6.45) is 5.42. The van der Waals surface area contributed by atoms with Crippen LogP contribution in [0.2, 0.25) is 0 Å². The van der Waals surface area contributed by atoms with Gasteiger partial charge in [0.05, 0.1) is 17.5 Å². The molecule has 0 N–H and O–H groups in total. The molecule has 0 bridgehead atoms. The average molecular weight is 221 g/mol. The Morgan fingerprint density at radius 3 is 2.50 bits per heavy atom. The molecule has 0 unspecified atom stereocenters. The third kappa shape index (κ3) is 3.00. The summed E-state index contributed by atoms with van der Waals surface area (Å²) in [6.45, 7) is 4.30. The largest absolute Gasteiger partial charge is 0.295 e. The molecule has 0 saturated heterocycles. The highest BCUT2D eigenvalue weighted by Crippen LogP contribution is 2.17. The van der Waals surface area contributed by atoms with Gasteiger partial charge in [-0.3, -0.25) is 15.0 Å². The summed E-state index contributed by atoms with van der Waals surface area (Å²) in [5, 5.41) is 0. The molecule has 0 aromatic carbocycles. The van der Waals surface area contributed by atoms with Crippen molar-refractivity contribution in [2.75, 3.05) is 14.1 Å². The topological polar surface area (TPSA) is 37.1 Å². The van der Waals surface area contributed by atoms with Crippen LogP contribution in [-0.4, -0.2) is 37.3 Å². The van der Waals surface area contributed by atoms with Gasteiger partial charge in [-0.1, -0.05) is 13.8 Å². The van der Waals surface area contributed by atoms with Crippen molar-refractivity contribution in [1.82, 2.24) is 0 Å². The van der Waals surface area contributed by atoms with E-state index < -0.39 is 0 Å². The number of aliphatic imine (C=N–C) groups is 3. The van der Waals surface area contributed by atoms with Gasteiger partial charge in [-0.15, -0.1) is 0 Å². The van der Waals surface area contributed by atoms with Gasteiger partial charge in [0, 0.05) is 19.8 Å². The van der Waals surface area contributed by atoms with Crippen LogP contribution in [0.4, 0.5) is 0 Å². The van der Waals surface area contributed by atoms with E-state index >= 15 is 0 Å². The van der Waals surface area contributed by atoms with E-state index in [9.17, 15) is 0 Å². The Hall–Kier alpha value is -0.990. The lowest BCUT2D eigenvalue weighted by molar-refractivity contribution is 0.671. The van der Waals surface area contributed by atoms with Crippen LogP contribution in [0, 0.1) is 0 Å². The van der Waals surface area contributed by atoms with Crippen molar-refractivity contribution in [2.45, 2.75) is 52.0 Å². The fraction of sp³-hybridized carbons (Fsp3) is 0.769. The van der Waals surface area contributed by atoms with E-state index in [-0.39, 0.29) is 0 Å². The minimum Gasteiger partial charge on any atom is -0.295 e. The molecule has 3 heteroatoms. The van der Waals surface area contributed by atoms with Gasteiger partial charge in [-0.25, -0.2) is 0 Å². The van der Waals surface area contributed by atoms with E-state index in [4.69, 9.17) is 4.99 Å². The zero-order valence-electron chi connectivity index (χ0n) is 11.0. The molecule has 16 heavy (non-hydrogen) atoms. The fourth-order valence-corrected chi connectivity index (χ4v) is 2.27. The third-order valence-electron chi connectivity index (χ3n) is 3.17. The van der Waals surface area contributed by atoms with E-state index in [1.54, 1.807) is 0 Å². The van der Waals surface area contributed by atoms with Crippen molar-refractivity contribution in [2.24, 2.45) is 15.0 Å². The SMILES string of the molecule is CCC(=NC)C1=N[C@@H](C(CC)=NC)CCC1. The fourth-order valence-electron chi connectivity index (χ4n) is 2.27. The second-order valence-corrected chi connectivity index (χ2v) is 4.08. The highest BCUT2D eigenvalue weighted by atomic mass is 14.9. The number of hydrogen-bond donors (Lipinski definition) is 0. The summed E-state index contributed by atoms with van der Waals surface area (Å²) in [6, 6.07) is 0.307. The monoisotopic (exact) mass is 221 g/mol. The Balaban J connectivity index is 2.88. The van der Waals surface area contributed by atoms with Crippen LogP contribution in [0.1, 0.15) is 46.0 Å². The molecule has 1 heterocycles. The zero-order chi connectivity index (χ0) is 12.0. The first kappa shape index (κ1) is 13.1. The minimum atomic E-state index is 0.307. The first-order valence-corrected chi connectivity index (χ1v) is 6.25. The van der Waals surface area contributed by atoms with Crippen molar-refractivity contribution < 1.29 is 0 Å². The second-order valence-electron chi connectivity index (χ2n) is 4.08. The second kappa shape index (κ2) is 6.56. The lowest BCUT2D eigenvalue weighted by Crippen LogP contribution is -2.27. The maximum atomic E-state index is 4.82. The predicted molar refractivity (Wildman–Crippen MR) is 72.4 cm³/mol. The Labute approximate surface area is 98.8 Å². The Bertz CT molecular complexity index is 313. The molecule has 90 valence electrons. The minimum absolute atomic E-state index is 0.307. The Kier molecular flexibility index (Phi) is 5.36. The summed E-state index contributed by atoms with van der Waals surface area (Å²) in [5.41, 5.74) is 3.59. The summed E-state index contributed by atoms with van der Waals surface area (Å²) in [5.74, 6) is 0. The van der Waals surface area contributed by atoms with E-state index in [2.05, 4.69) is 23.8 Å². The van der Waals surface area contributed by atoms with E-state index in [1.165, 1.54) is 17.8 Å². The molecule has 0 radical (unpaired) electrons. The van der Waals surface area contributed by atoms with Crippen LogP contribution in [-0.2, 0) is 0 Å². The summed E-state index contributed by atoms with van der Waals surface area (Å²) in [4.78, 5) is 13.5. The van der Waals surface area contributed by atoms with E-state index in [0.29, 0.717) is 6.04 Å². The summed E-state index contributed by atoms with van der Waals surface area (Å²) in [7, 11) is 3.73. The average Bonchev–Trinajstić information content (AvgIpc) is 2.33. The standard InChI is InChI=1S/C13H23N3/c1-5-10(14-3)12-8-7-9-13(16-12)11(6-2)15-4/h12H,5-9H2,1-4H3/t12-/m1/s1. The molecule has 0 saturated carbocycles. The number of hydrogen-bond acceptors (Lipinski definition) is 3. The molecule has 0 aliphatic carbocycles. The molecule has 0 aromatic heterocycles. The van der Waals surface area contributed by atoms with Crippen LogP contribution in [0.3, 0.4) is 0 Å². The molecule has 1 aliphatic heterocycles. The van der Waals surface area contributed by atoms with Crippen LogP contribution in [0.25, 0.3) is 0 Å². The van der Waals surface area contributed by atoms with E-state index in [0.717, 1.165) is 31.4 Å². The molecule has 0 spiro atoms.